The van der Waals surface area contributed by atoms with Gasteiger partial charge in [-0.3, -0.25) is 0 Å². The van der Waals surface area contributed by atoms with Gasteiger partial charge in [-0.25, -0.2) is 9.97 Å². The van der Waals surface area contributed by atoms with Crippen molar-refractivity contribution in [2.75, 3.05) is 0 Å². The van der Waals surface area contributed by atoms with Crippen molar-refractivity contribution >= 4 is 11.3 Å². The van der Waals surface area contributed by atoms with Gasteiger partial charge in [0.1, 0.15) is 0 Å². The zero-order chi connectivity index (χ0) is 11.7. The third-order valence-corrected chi connectivity index (χ3v) is 4.06. The molecule has 0 unspecified atom stereocenters. The number of rotatable bonds is 5. The maximum absolute atomic E-state index is 4.25. The van der Waals surface area contributed by atoms with Gasteiger partial charge in [0.25, 0.3) is 0 Å². The molecule has 0 saturated heterocycles. The molecule has 4 nitrogen and oxygen atoms in total. The van der Waals surface area contributed by atoms with Gasteiger partial charge in [0.15, 0.2) is 0 Å². The van der Waals surface area contributed by atoms with Gasteiger partial charge in [-0.2, -0.15) is 0 Å². The fraction of sp³-hybridized carbons (Fsp3) is 0.500. The van der Waals surface area contributed by atoms with Crippen LogP contribution in [0.5, 0.6) is 0 Å². The van der Waals surface area contributed by atoms with Crippen LogP contribution in [0.3, 0.4) is 0 Å². The smallest absolute Gasteiger partial charge is 0.0951 e. The number of nitrogens with zero attached hydrogens (tertiary/aromatic N) is 3. The van der Waals surface area contributed by atoms with Gasteiger partial charge in [0.05, 0.1) is 23.2 Å². The molecule has 0 aromatic carbocycles. The summed E-state index contributed by atoms with van der Waals surface area (Å²) in [6, 6.07) is 0.708. The first-order chi connectivity index (χ1) is 8.34. The molecule has 90 valence electrons. The first-order valence-electron chi connectivity index (χ1n) is 5.95. The third-order valence-electron chi connectivity index (χ3n) is 3.12. The van der Waals surface area contributed by atoms with Gasteiger partial charge in [0.2, 0.25) is 0 Å². The summed E-state index contributed by atoms with van der Waals surface area (Å²) < 4.78 is 2.30. The summed E-state index contributed by atoms with van der Waals surface area (Å²) in [4.78, 5) is 9.80. The van der Waals surface area contributed by atoms with Crippen LogP contribution >= 0.6 is 11.3 Å². The van der Waals surface area contributed by atoms with Gasteiger partial charge in [0, 0.05) is 30.2 Å². The van der Waals surface area contributed by atoms with E-state index in [2.05, 4.69) is 26.8 Å². The molecule has 0 atom stereocenters. The lowest BCUT2D eigenvalue weighted by Crippen LogP contribution is -2.15. The van der Waals surface area contributed by atoms with Crippen molar-refractivity contribution in [2.45, 2.75) is 38.9 Å². The molecule has 17 heavy (non-hydrogen) atoms. The zero-order valence-electron chi connectivity index (χ0n) is 9.89. The fourth-order valence-corrected chi connectivity index (χ4v) is 2.70. The summed E-state index contributed by atoms with van der Waals surface area (Å²) in [5.74, 6) is 0. The molecule has 2 aromatic rings. The Morgan fingerprint density at radius 1 is 1.47 bits per heavy atom. The quantitative estimate of drug-likeness (QED) is 0.882. The average Bonchev–Trinajstić information content (AvgIpc) is 2.93. The van der Waals surface area contributed by atoms with Gasteiger partial charge >= 0.3 is 0 Å². The predicted octanol–water partition coefficient (Wildman–Crippen LogP) is 2.27. The van der Waals surface area contributed by atoms with Crippen molar-refractivity contribution in [3.63, 3.8) is 0 Å². The second-order valence-corrected chi connectivity index (χ2v) is 5.43. The SMILES string of the molecule is Cc1ncsc1CNCc1cncn1C1CC1. The van der Waals surface area contributed by atoms with Crippen LogP contribution in [0.15, 0.2) is 18.0 Å². The van der Waals surface area contributed by atoms with E-state index in [9.17, 15) is 0 Å². The Labute approximate surface area is 105 Å². The lowest BCUT2D eigenvalue weighted by Gasteiger charge is -2.07. The largest absolute Gasteiger partial charge is 0.330 e. The van der Waals surface area contributed by atoms with Crippen LogP contribution in [-0.2, 0) is 13.1 Å². The number of nitrogens with one attached hydrogen (secondary N) is 1. The number of hydrogen-bond acceptors (Lipinski definition) is 4. The predicted molar refractivity (Wildman–Crippen MR) is 67.9 cm³/mol. The van der Waals surface area contributed by atoms with Gasteiger partial charge in [-0.05, 0) is 19.8 Å². The molecule has 5 heteroatoms. The van der Waals surface area contributed by atoms with Crippen molar-refractivity contribution in [1.82, 2.24) is 19.9 Å². The normalized spacial score (nSPS) is 15.4. The summed E-state index contributed by atoms with van der Waals surface area (Å²) in [6.45, 7) is 3.84. The highest BCUT2D eigenvalue weighted by molar-refractivity contribution is 7.09. The van der Waals surface area contributed by atoms with Gasteiger partial charge in [-0.1, -0.05) is 0 Å². The molecule has 2 aromatic heterocycles. The molecule has 1 aliphatic carbocycles. The monoisotopic (exact) mass is 248 g/mol. The summed E-state index contributed by atoms with van der Waals surface area (Å²) >= 11 is 1.71. The minimum absolute atomic E-state index is 0.708. The van der Waals surface area contributed by atoms with Crippen molar-refractivity contribution in [3.05, 3.63) is 34.3 Å². The average molecular weight is 248 g/mol. The molecule has 0 spiro atoms. The van der Waals surface area contributed by atoms with Crippen LogP contribution in [0.25, 0.3) is 0 Å². The number of hydrogen-bond donors (Lipinski definition) is 1. The maximum Gasteiger partial charge on any atom is 0.0951 e. The highest BCUT2D eigenvalue weighted by Crippen LogP contribution is 2.35. The van der Waals surface area contributed by atoms with Crippen LogP contribution < -0.4 is 5.32 Å². The van der Waals surface area contributed by atoms with Gasteiger partial charge < -0.3 is 9.88 Å². The number of thiazole rings is 1. The fourth-order valence-electron chi connectivity index (χ4n) is 1.95. The second-order valence-electron chi connectivity index (χ2n) is 4.49. The third kappa shape index (κ3) is 2.40. The van der Waals surface area contributed by atoms with E-state index in [1.54, 1.807) is 11.3 Å². The highest BCUT2D eigenvalue weighted by atomic mass is 32.1. The summed E-state index contributed by atoms with van der Waals surface area (Å²) in [6.07, 6.45) is 6.52. The van der Waals surface area contributed by atoms with Crippen LogP contribution in [0.2, 0.25) is 0 Å². The van der Waals surface area contributed by atoms with Crippen molar-refractivity contribution < 1.29 is 0 Å². The minimum atomic E-state index is 0.708. The first kappa shape index (κ1) is 10.9. The van der Waals surface area contributed by atoms with E-state index in [4.69, 9.17) is 0 Å². The van der Waals surface area contributed by atoms with Crippen molar-refractivity contribution in [3.8, 4) is 0 Å². The van der Waals surface area contributed by atoms with E-state index in [-0.39, 0.29) is 0 Å². The molecule has 3 rings (SSSR count). The number of aromatic nitrogens is 3. The minimum Gasteiger partial charge on any atom is -0.330 e. The van der Waals surface area contributed by atoms with E-state index in [1.165, 1.54) is 23.4 Å². The van der Waals surface area contributed by atoms with Crippen LogP contribution in [0.1, 0.15) is 35.1 Å². The lowest BCUT2D eigenvalue weighted by molar-refractivity contribution is 0.622. The Kier molecular flexibility index (Phi) is 2.94. The van der Waals surface area contributed by atoms with Crippen LogP contribution in [0, 0.1) is 6.92 Å². The highest BCUT2D eigenvalue weighted by Gasteiger charge is 2.24. The molecule has 1 fully saturated rings. The summed E-state index contributed by atoms with van der Waals surface area (Å²) in [7, 11) is 0. The molecule has 0 bridgehead atoms. The van der Waals surface area contributed by atoms with Crippen LogP contribution in [0.4, 0.5) is 0 Å². The number of aryl methyl sites for hydroxylation is 1. The molecule has 1 aliphatic rings. The Hall–Kier alpha value is -1.20. The topological polar surface area (TPSA) is 42.7 Å². The zero-order valence-corrected chi connectivity index (χ0v) is 10.7. The Balaban J connectivity index is 1.57. The molecule has 0 radical (unpaired) electrons. The molecule has 1 N–H and O–H groups in total. The molecule has 0 amide bonds. The van der Waals surface area contributed by atoms with Gasteiger partial charge in [-0.15, -0.1) is 11.3 Å². The number of imidazole rings is 1. The molecular weight excluding hydrogens is 232 g/mol. The van der Waals surface area contributed by atoms with Crippen molar-refractivity contribution in [1.29, 1.82) is 0 Å². The van der Waals surface area contributed by atoms with Crippen LogP contribution in [-0.4, -0.2) is 14.5 Å². The summed E-state index contributed by atoms with van der Waals surface area (Å²) in [5, 5.41) is 3.46. The Morgan fingerprint density at radius 3 is 3.06 bits per heavy atom. The van der Waals surface area contributed by atoms with E-state index >= 15 is 0 Å². The van der Waals surface area contributed by atoms with E-state index < -0.39 is 0 Å². The Morgan fingerprint density at radius 2 is 2.35 bits per heavy atom. The second kappa shape index (κ2) is 4.58. The van der Waals surface area contributed by atoms with E-state index in [0.717, 1.165) is 18.8 Å². The first-order valence-corrected chi connectivity index (χ1v) is 6.83. The molecule has 1 saturated carbocycles. The summed E-state index contributed by atoms with van der Waals surface area (Å²) in [5.41, 5.74) is 4.33. The van der Waals surface area contributed by atoms with E-state index in [1.807, 2.05) is 18.0 Å². The van der Waals surface area contributed by atoms with E-state index in [0.29, 0.717) is 6.04 Å². The standard InChI is InChI=1S/C12H16N4S/c1-9-12(17-8-15-9)6-13-4-11-5-14-7-16(11)10-2-3-10/h5,7-8,10,13H,2-4,6H2,1H3. The molecule has 2 heterocycles. The molecular formula is C12H16N4S. The maximum atomic E-state index is 4.25. The van der Waals surface area contributed by atoms with Crippen molar-refractivity contribution in [2.24, 2.45) is 0 Å². The lowest BCUT2D eigenvalue weighted by atomic mass is 10.3. The Bertz CT molecular complexity index is 498. The molecule has 0 aliphatic heterocycles.